The summed E-state index contributed by atoms with van der Waals surface area (Å²) in [7, 11) is 0. The molecular weight excluding hydrogens is 306 g/mol. The second-order valence-corrected chi connectivity index (χ2v) is 7.33. The number of thiazole rings is 1. The lowest BCUT2D eigenvalue weighted by atomic mass is 10.2. The fourth-order valence-electron chi connectivity index (χ4n) is 1.59. The van der Waals surface area contributed by atoms with Crippen molar-refractivity contribution in [3.8, 4) is 0 Å². The molecule has 1 N–H and O–H groups in total. The Morgan fingerprint density at radius 3 is 2.81 bits per heavy atom. The van der Waals surface area contributed by atoms with Gasteiger partial charge < -0.3 is 4.52 Å². The Morgan fingerprint density at radius 2 is 2.24 bits per heavy atom. The van der Waals surface area contributed by atoms with Crippen molar-refractivity contribution in [1.82, 2.24) is 10.1 Å². The number of aryl methyl sites for hydroxylation is 1. The first-order valence-electron chi connectivity index (χ1n) is 6.75. The van der Waals surface area contributed by atoms with Crippen molar-refractivity contribution in [2.45, 2.75) is 44.6 Å². The molecule has 21 heavy (non-hydrogen) atoms. The van der Waals surface area contributed by atoms with Crippen LogP contribution in [0.4, 0.5) is 5.88 Å². The second-order valence-electron chi connectivity index (χ2n) is 5.11. The molecule has 7 heteroatoms. The van der Waals surface area contributed by atoms with Crippen LogP contribution in [0, 0.1) is 6.92 Å². The third-order valence-corrected chi connectivity index (χ3v) is 5.16. The molecule has 5 nitrogen and oxygen atoms in total. The van der Waals surface area contributed by atoms with Gasteiger partial charge in [-0.2, -0.15) is 0 Å². The normalized spacial score (nSPS) is 12.6. The number of carbonyl (C=O) groups excluding carboxylic acids is 1. The minimum Gasteiger partial charge on any atom is -0.338 e. The van der Waals surface area contributed by atoms with Gasteiger partial charge in [0, 0.05) is 23.1 Å². The van der Waals surface area contributed by atoms with Crippen LogP contribution < -0.4 is 5.32 Å². The Balaban J connectivity index is 1.83. The van der Waals surface area contributed by atoms with E-state index in [1.165, 1.54) is 0 Å². The van der Waals surface area contributed by atoms with Crippen molar-refractivity contribution in [2.75, 3.05) is 5.32 Å². The summed E-state index contributed by atoms with van der Waals surface area (Å²) in [6.45, 7) is 7.95. The highest BCUT2D eigenvalue weighted by Gasteiger charge is 2.16. The summed E-state index contributed by atoms with van der Waals surface area (Å²) in [6.07, 6.45) is 0. The van der Waals surface area contributed by atoms with Gasteiger partial charge >= 0.3 is 0 Å². The zero-order valence-corrected chi connectivity index (χ0v) is 14.2. The number of rotatable bonds is 6. The van der Waals surface area contributed by atoms with Crippen molar-refractivity contribution in [2.24, 2.45) is 0 Å². The van der Waals surface area contributed by atoms with Gasteiger partial charge in [-0.1, -0.05) is 19.0 Å². The first kappa shape index (κ1) is 16.0. The minimum absolute atomic E-state index is 0.0875. The maximum Gasteiger partial charge on any atom is 0.239 e. The number of hydrogen-bond acceptors (Lipinski definition) is 6. The molecule has 2 aromatic heterocycles. The Bertz CT molecular complexity index is 607. The van der Waals surface area contributed by atoms with Gasteiger partial charge in [-0.3, -0.25) is 10.1 Å². The van der Waals surface area contributed by atoms with E-state index in [0.29, 0.717) is 11.8 Å². The largest absolute Gasteiger partial charge is 0.338 e. The highest BCUT2D eigenvalue weighted by atomic mass is 32.2. The topological polar surface area (TPSA) is 68.0 Å². The quantitative estimate of drug-likeness (QED) is 0.874. The summed E-state index contributed by atoms with van der Waals surface area (Å²) >= 11 is 3.23. The van der Waals surface area contributed by atoms with E-state index in [9.17, 15) is 4.79 Å². The van der Waals surface area contributed by atoms with Crippen molar-refractivity contribution in [1.29, 1.82) is 0 Å². The molecule has 1 amide bonds. The maximum absolute atomic E-state index is 12.0. The molecule has 1 atom stereocenters. The number of amides is 1. The van der Waals surface area contributed by atoms with E-state index in [-0.39, 0.29) is 11.2 Å². The molecule has 0 fully saturated rings. The van der Waals surface area contributed by atoms with Crippen LogP contribution in [0.25, 0.3) is 0 Å². The number of nitrogens with one attached hydrogen (secondary N) is 1. The average molecular weight is 325 g/mol. The van der Waals surface area contributed by atoms with Crippen molar-refractivity contribution in [3.63, 3.8) is 0 Å². The molecule has 2 rings (SSSR count). The lowest BCUT2D eigenvalue weighted by molar-refractivity contribution is -0.115. The molecule has 0 unspecified atom stereocenters. The molecule has 0 radical (unpaired) electrons. The lowest BCUT2D eigenvalue weighted by Crippen LogP contribution is -2.22. The smallest absolute Gasteiger partial charge is 0.239 e. The Labute approximate surface area is 132 Å². The molecule has 0 aromatic carbocycles. The summed E-state index contributed by atoms with van der Waals surface area (Å²) in [4.78, 5) is 16.6. The number of hydrogen-bond donors (Lipinski definition) is 1. The van der Waals surface area contributed by atoms with E-state index in [2.05, 4.69) is 34.7 Å². The van der Waals surface area contributed by atoms with Crippen LogP contribution in [-0.4, -0.2) is 21.3 Å². The monoisotopic (exact) mass is 325 g/mol. The summed E-state index contributed by atoms with van der Waals surface area (Å²) in [5, 5.41) is 9.47. The fourth-order valence-corrected chi connectivity index (χ4v) is 3.31. The average Bonchev–Trinajstić information content (AvgIpc) is 3.05. The summed E-state index contributed by atoms with van der Waals surface area (Å²) in [5.41, 5.74) is 1.78. The minimum atomic E-state index is -0.181. The van der Waals surface area contributed by atoms with Gasteiger partial charge in [-0.25, -0.2) is 4.98 Å². The van der Waals surface area contributed by atoms with Crippen LogP contribution in [0.3, 0.4) is 0 Å². The van der Waals surface area contributed by atoms with Gasteiger partial charge in [-0.05, 0) is 13.8 Å². The molecule has 0 spiro atoms. The van der Waals surface area contributed by atoms with Gasteiger partial charge in [-0.15, -0.1) is 23.1 Å². The summed E-state index contributed by atoms with van der Waals surface area (Å²) in [6, 6.07) is 1.70. The SMILES string of the molecule is Cc1cc(NC(=O)[C@H](C)SCc2csc(C(C)C)n2)on1. The Morgan fingerprint density at radius 1 is 1.48 bits per heavy atom. The zero-order chi connectivity index (χ0) is 15.4. The molecule has 0 aliphatic rings. The van der Waals surface area contributed by atoms with E-state index in [1.807, 2.05) is 13.8 Å². The number of carbonyl (C=O) groups is 1. The number of thioether (sulfide) groups is 1. The number of nitrogens with zero attached hydrogens (tertiary/aromatic N) is 2. The summed E-state index contributed by atoms with van der Waals surface area (Å²) < 4.78 is 4.98. The Hall–Kier alpha value is -1.34. The summed E-state index contributed by atoms with van der Waals surface area (Å²) in [5.74, 6) is 1.48. The van der Waals surface area contributed by atoms with Gasteiger partial charge in [0.2, 0.25) is 11.8 Å². The molecule has 0 bridgehead atoms. The number of aromatic nitrogens is 2. The Kier molecular flexibility index (Phi) is 5.41. The predicted octanol–water partition coefficient (Wildman–Crippen LogP) is 3.82. The standard InChI is InChI=1S/C14H19N3O2S2/c1-8(2)14-15-11(7-21-14)6-20-10(4)13(18)16-12-5-9(3)17-19-12/h5,7-8,10H,6H2,1-4H3,(H,16,18)/t10-/m0/s1. The van der Waals surface area contributed by atoms with Crippen molar-refractivity contribution < 1.29 is 9.32 Å². The molecule has 0 saturated carbocycles. The van der Waals surface area contributed by atoms with Crippen LogP contribution in [0.15, 0.2) is 16.0 Å². The van der Waals surface area contributed by atoms with E-state index < -0.39 is 0 Å². The molecular formula is C14H19N3O2S2. The molecule has 2 heterocycles. The van der Waals surface area contributed by atoms with E-state index in [4.69, 9.17) is 4.52 Å². The van der Waals surface area contributed by atoms with Crippen LogP contribution in [-0.2, 0) is 10.5 Å². The molecule has 0 aliphatic heterocycles. The van der Waals surface area contributed by atoms with Gasteiger partial charge in [0.15, 0.2) is 0 Å². The van der Waals surface area contributed by atoms with E-state index in [0.717, 1.165) is 22.1 Å². The fraction of sp³-hybridized carbons (Fsp3) is 0.500. The molecule has 2 aromatic rings. The second kappa shape index (κ2) is 7.09. The zero-order valence-electron chi connectivity index (χ0n) is 12.5. The van der Waals surface area contributed by atoms with Gasteiger partial charge in [0.05, 0.1) is 21.6 Å². The highest BCUT2D eigenvalue weighted by molar-refractivity contribution is 7.99. The third kappa shape index (κ3) is 4.57. The molecule has 114 valence electrons. The van der Waals surface area contributed by atoms with Crippen LogP contribution >= 0.6 is 23.1 Å². The van der Waals surface area contributed by atoms with Crippen LogP contribution in [0.5, 0.6) is 0 Å². The van der Waals surface area contributed by atoms with E-state index in [1.54, 1.807) is 29.2 Å². The molecule has 0 aliphatic carbocycles. The van der Waals surface area contributed by atoms with Crippen molar-refractivity contribution >= 4 is 34.9 Å². The first-order valence-corrected chi connectivity index (χ1v) is 8.68. The van der Waals surface area contributed by atoms with Gasteiger partial charge in [0.25, 0.3) is 0 Å². The highest BCUT2D eigenvalue weighted by Crippen LogP contribution is 2.24. The first-order chi connectivity index (χ1) is 9.95. The van der Waals surface area contributed by atoms with E-state index >= 15 is 0 Å². The van der Waals surface area contributed by atoms with Gasteiger partial charge in [0.1, 0.15) is 0 Å². The number of anilines is 1. The van der Waals surface area contributed by atoms with Crippen LogP contribution in [0.1, 0.15) is 43.1 Å². The maximum atomic E-state index is 12.0. The molecule has 0 saturated heterocycles. The predicted molar refractivity (Wildman–Crippen MR) is 86.8 cm³/mol. The lowest BCUT2D eigenvalue weighted by Gasteiger charge is -2.09. The van der Waals surface area contributed by atoms with Crippen LogP contribution in [0.2, 0.25) is 0 Å². The van der Waals surface area contributed by atoms with Crippen molar-refractivity contribution in [3.05, 3.63) is 27.8 Å². The third-order valence-electron chi connectivity index (χ3n) is 2.79.